The second-order valence-corrected chi connectivity index (χ2v) is 3.92. The van der Waals surface area contributed by atoms with Crippen molar-refractivity contribution in [1.29, 1.82) is 0 Å². The summed E-state index contributed by atoms with van der Waals surface area (Å²) in [6, 6.07) is 11.2. The number of carbonyl (C=O) groups is 1. The van der Waals surface area contributed by atoms with Gasteiger partial charge in [0, 0.05) is 0 Å². The Labute approximate surface area is 109 Å². The summed E-state index contributed by atoms with van der Waals surface area (Å²) >= 11 is 0. The Morgan fingerprint density at radius 3 is 2.16 bits per heavy atom. The van der Waals surface area contributed by atoms with Crippen LogP contribution in [0.4, 0.5) is 0 Å². The van der Waals surface area contributed by atoms with Gasteiger partial charge in [0.15, 0.2) is 17.2 Å². The summed E-state index contributed by atoms with van der Waals surface area (Å²) in [6.07, 6.45) is 0. The Kier molecular flexibility index (Phi) is 3.56. The van der Waals surface area contributed by atoms with Crippen LogP contribution < -0.4 is 0 Å². The second kappa shape index (κ2) is 5.30. The Balaban J connectivity index is 2.08. The van der Waals surface area contributed by atoms with Gasteiger partial charge in [0.1, 0.15) is 6.61 Å². The van der Waals surface area contributed by atoms with Gasteiger partial charge in [0.05, 0.1) is 5.56 Å². The summed E-state index contributed by atoms with van der Waals surface area (Å²) < 4.78 is 5.02. The maximum absolute atomic E-state index is 11.7. The first-order chi connectivity index (χ1) is 9.08. The fraction of sp³-hybridized carbons (Fsp3) is 0.0714. The molecule has 0 aromatic heterocycles. The van der Waals surface area contributed by atoms with Crippen LogP contribution in [0.1, 0.15) is 15.9 Å². The fourth-order valence-electron chi connectivity index (χ4n) is 1.53. The molecule has 2 rings (SSSR count). The van der Waals surface area contributed by atoms with Gasteiger partial charge in [-0.2, -0.15) is 0 Å². The van der Waals surface area contributed by atoms with Crippen LogP contribution in [0.3, 0.4) is 0 Å². The molecule has 0 unspecified atom stereocenters. The van der Waals surface area contributed by atoms with Crippen molar-refractivity contribution in [3.05, 3.63) is 53.6 Å². The van der Waals surface area contributed by atoms with Crippen LogP contribution in [0.25, 0.3) is 0 Å². The van der Waals surface area contributed by atoms with Gasteiger partial charge < -0.3 is 20.1 Å². The van der Waals surface area contributed by atoms with E-state index in [0.29, 0.717) is 0 Å². The molecule has 0 heterocycles. The van der Waals surface area contributed by atoms with Crippen LogP contribution >= 0.6 is 0 Å². The largest absolute Gasteiger partial charge is 0.504 e. The van der Waals surface area contributed by atoms with E-state index >= 15 is 0 Å². The van der Waals surface area contributed by atoms with Gasteiger partial charge in [-0.05, 0) is 17.7 Å². The van der Waals surface area contributed by atoms with Gasteiger partial charge in [-0.15, -0.1) is 0 Å². The molecule has 2 aromatic carbocycles. The number of ether oxygens (including phenoxy) is 1. The zero-order valence-corrected chi connectivity index (χ0v) is 9.91. The van der Waals surface area contributed by atoms with E-state index in [1.54, 1.807) is 12.1 Å². The normalized spacial score (nSPS) is 10.1. The topological polar surface area (TPSA) is 87.0 Å². The predicted molar refractivity (Wildman–Crippen MR) is 67.0 cm³/mol. The molecule has 0 saturated heterocycles. The minimum Gasteiger partial charge on any atom is -0.504 e. The Morgan fingerprint density at radius 2 is 1.58 bits per heavy atom. The summed E-state index contributed by atoms with van der Waals surface area (Å²) in [5.41, 5.74) is 0.784. The molecule has 0 atom stereocenters. The monoisotopic (exact) mass is 260 g/mol. The van der Waals surface area contributed by atoms with Crippen molar-refractivity contribution in [2.45, 2.75) is 6.61 Å². The van der Waals surface area contributed by atoms with Gasteiger partial charge in [-0.3, -0.25) is 0 Å². The molecule has 0 aliphatic rings. The SMILES string of the molecule is O=C(OCc1ccccc1)c1cc(O)c(O)c(O)c1. The molecule has 0 aliphatic heterocycles. The van der Waals surface area contributed by atoms with Gasteiger partial charge >= 0.3 is 5.97 Å². The number of aromatic hydroxyl groups is 3. The third-order valence-corrected chi connectivity index (χ3v) is 2.52. The Morgan fingerprint density at radius 1 is 1.00 bits per heavy atom. The van der Waals surface area contributed by atoms with E-state index in [1.807, 2.05) is 18.2 Å². The molecular weight excluding hydrogens is 248 g/mol. The van der Waals surface area contributed by atoms with E-state index in [9.17, 15) is 15.0 Å². The maximum Gasteiger partial charge on any atom is 0.338 e. The number of hydrogen-bond acceptors (Lipinski definition) is 5. The van der Waals surface area contributed by atoms with Gasteiger partial charge in [-0.25, -0.2) is 4.79 Å². The lowest BCUT2D eigenvalue weighted by molar-refractivity contribution is 0.0471. The molecule has 0 bridgehead atoms. The molecule has 19 heavy (non-hydrogen) atoms. The average Bonchev–Trinajstić information content (AvgIpc) is 2.42. The lowest BCUT2D eigenvalue weighted by atomic mass is 10.2. The van der Waals surface area contributed by atoms with E-state index in [0.717, 1.165) is 17.7 Å². The summed E-state index contributed by atoms with van der Waals surface area (Å²) in [5, 5.41) is 27.8. The van der Waals surface area contributed by atoms with Crippen LogP contribution in [0, 0.1) is 0 Å². The van der Waals surface area contributed by atoms with E-state index < -0.39 is 23.2 Å². The molecule has 0 radical (unpaired) electrons. The lowest BCUT2D eigenvalue weighted by Gasteiger charge is -2.07. The third-order valence-electron chi connectivity index (χ3n) is 2.52. The van der Waals surface area contributed by atoms with Crippen molar-refractivity contribution >= 4 is 5.97 Å². The molecule has 3 N–H and O–H groups in total. The molecule has 5 heteroatoms. The summed E-state index contributed by atoms with van der Waals surface area (Å²) in [6.45, 7) is 0.0854. The standard InChI is InChI=1S/C14H12O5/c15-11-6-10(7-12(16)13(11)17)14(18)19-8-9-4-2-1-3-5-9/h1-7,15-17H,8H2. The number of esters is 1. The van der Waals surface area contributed by atoms with Crippen molar-refractivity contribution in [3.63, 3.8) is 0 Å². The summed E-state index contributed by atoms with van der Waals surface area (Å²) in [5.74, 6) is -2.52. The zero-order valence-electron chi connectivity index (χ0n) is 9.91. The van der Waals surface area contributed by atoms with E-state index in [2.05, 4.69) is 0 Å². The first-order valence-corrected chi connectivity index (χ1v) is 5.54. The number of carbonyl (C=O) groups excluding carboxylic acids is 1. The molecule has 2 aromatic rings. The highest BCUT2D eigenvalue weighted by atomic mass is 16.5. The first-order valence-electron chi connectivity index (χ1n) is 5.54. The Hall–Kier alpha value is -2.69. The van der Waals surface area contributed by atoms with Crippen molar-refractivity contribution in [1.82, 2.24) is 0 Å². The quantitative estimate of drug-likeness (QED) is 0.581. The number of hydrogen-bond donors (Lipinski definition) is 3. The number of rotatable bonds is 3. The highest BCUT2D eigenvalue weighted by Gasteiger charge is 2.14. The van der Waals surface area contributed by atoms with Gasteiger partial charge in [0.2, 0.25) is 0 Å². The fourth-order valence-corrected chi connectivity index (χ4v) is 1.53. The molecule has 0 saturated carbocycles. The minimum absolute atomic E-state index is 0.0382. The van der Waals surface area contributed by atoms with Crippen molar-refractivity contribution in [2.24, 2.45) is 0 Å². The molecule has 0 spiro atoms. The van der Waals surface area contributed by atoms with Crippen LogP contribution in [-0.4, -0.2) is 21.3 Å². The second-order valence-electron chi connectivity index (χ2n) is 3.92. The molecular formula is C14H12O5. The highest BCUT2D eigenvalue weighted by molar-refractivity contribution is 5.91. The van der Waals surface area contributed by atoms with E-state index in [4.69, 9.17) is 9.84 Å². The van der Waals surface area contributed by atoms with Crippen molar-refractivity contribution in [3.8, 4) is 17.2 Å². The summed E-state index contributed by atoms with van der Waals surface area (Å²) in [4.78, 5) is 11.7. The lowest BCUT2D eigenvalue weighted by Crippen LogP contribution is -2.05. The molecule has 0 fully saturated rings. The first kappa shape index (κ1) is 12.8. The van der Waals surface area contributed by atoms with Crippen LogP contribution in [0.15, 0.2) is 42.5 Å². The molecule has 98 valence electrons. The predicted octanol–water partition coefficient (Wildman–Crippen LogP) is 2.16. The highest BCUT2D eigenvalue weighted by Crippen LogP contribution is 2.35. The average molecular weight is 260 g/mol. The maximum atomic E-state index is 11.7. The van der Waals surface area contributed by atoms with Crippen LogP contribution in [0.5, 0.6) is 17.2 Å². The molecule has 0 amide bonds. The zero-order chi connectivity index (χ0) is 13.8. The van der Waals surface area contributed by atoms with Gasteiger partial charge in [0.25, 0.3) is 0 Å². The minimum atomic E-state index is -0.700. The van der Waals surface area contributed by atoms with E-state index in [-0.39, 0.29) is 12.2 Å². The van der Waals surface area contributed by atoms with E-state index in [1.165, 1.54) is 0 Å². The number of phenols is 3. The smallest absolute Gasteiger partial charge is 0.338 e. The number of benzene rings is 2. The van der Waals surface area contributed by atoms with Crippen LogP contribution in [0.2, 0.25) is 0 Å². The van der Waals surface area contributed by atoms with Gasteiger partial charge in [-0.1, -0.05) is 30.3 Å². The summed E-state index contributed by atoms with van der Waals surface area (Å²) in [7, 11) is 0. The molecule has 5 nitrogen and oxygen atoms in total. The van der Waals surface area contributed by atoms with Crippen molar-refractivity contribution < 1.29 is 24.9 Å². The Bertz CT molecular complexity index is 569. The third kappa shape index (κ3) is 2.95. The number of phenolic OH excluding ortho intramolecular Hbond substituents is 3. The van der Waals surface area contributed by atoms with Crippen LogP contribution in [-0.2, 0) is 11.3 Å². The van der Waals surface area contributed by atoms with Crippen molar-refractivity contribution in [2.75, 3.05) is 0 Å². The molecule has 0 aliphatic carbocycles.